The van der Waals surface area contributed by atoms with Crippen LogP contribution in [0, 0.1) is 0 Å². The number of carbonyl (C=O) groups excluding carboxylic acids is 2. The Morgan fingerprint density at radius 3 is 2.38 bits per heavy atom. The minimum atomic E-state index is -2.93. The number of rotatable bonds is 4. The molecule has 1 aliphatic heterocycles. The van der Waals surface area contributed by atoms with Gasteiger partial charge in [-0.3, -0.25) is 15.0 Å². The number of nitrogens with one attached hydrogen (secondary N) is 2. The lowest BCUT2D eigenvalue weighted by atomic mass is 10.1. The van der Waals surface area contributed by atoms with Crippen LogP contribution in [-0.4, -0.2) is 56.4 Å². The Kier molecular flexibility index (Phi) is 6.36. The van der Waals surface area contributed by atoms with Crippen LogP contribution in [0.5, 0.6) is 0 Å². The number of sulfone groups is 1. The third-order valence-electron chi connectivity index (χ3n) is 3.90. The number of carbonyl (C=O) groups is 2. The van der Waals surface area contributed by atoms with Gasteiger partial charge in [0.05, 0.1) is 18.1 Å². The molecule has 1 saturated heterocycles. The maximum absolute atomic E-state index is 11.9. The zero-order valence-electron chi connectivity index (χ0n) is 13.3. The number of benzene rings is 1. The highest BCUT2D eigenvalue weighted by molar-refractivity contribution is 9.10. The van der Waals surface area contributed by atoms with E-state index in [0.29, 0.717) is 18.5 Å². The molecule has 7 nitrogen and oxygen atoms in total. The molecule has 1 aromatic rings. The van der Waals surface area contributed by atoms with E-state index in [-0.39, 0.29) is 24.1 Å². The SMILES string of the molecule is CN(CC(=O)NC(=O)Nc1ccc(Br)cc1)C1CCS(=O)(=O)CC1. The van der Waals surface area contributed by atoms with Crippen LogP contribution in [-0.2, 0) is 14.6 Å². The van der Waals surface area contributed by atoms with Gasteiger partial charge >= 0.3 is 6.03 Å². The predicted molar refractivity (Wildman–Crippen MR) is 95.6 cm³/mol. The van der Waals surface area contributed by atoms with Crippen molar-refractivity contribution in [3.63, 3.8) is 0 Å². The number of amides is 3. The minimum absolute atomic E-state index is 0.0359. The van der Waals surface area contributed by atoms with Gasteiger partial charge in [-0.25, -0.2) is 13.2 Å². The molecule has 0 unspecified atom stereocenters. The Balaban J connectivity index is 1.77. The van der Waals surface area contributed by atoms with E-state index in [1.54, 1.807) is 36.2 Å². The van der Waals surface area contributed by atoms with Crippen molar-refractivity contribution in [2.45, 2.75) is 18.9 Å². The second kappa shape index (κ2) is 8.09. The molecular weight excluding hydrogens is 398 g/mol. The highest BCUT2D eigenvalue weighted by atomic mass is 79.9. The van der Waals surface area contributed by atoms with Crippen molar-refractivity contribution in [3.05, 3.63) is 28.7 Å². The highest BCUT2D eigenvalue weighted by Gasteiger charge is 2.27. The summed E-state index contributed by atoms with van der Waals surface area (Å²) in [6, 6.07) is 6.42. The van der Waals surface area contributed by atoms with Crippen LogP contribution in [0.1, 0.15) is 12.8 Å². The predicted octanol–water partition coefficient (Wildman–Crippen LogP) is 1.61. The molecular formula is C15H20BrN3O4S. The molecule has 0 aliphatic carbocycles. The van der Waals surface area contributed by atoms with E-state index in [9.17, 15) is 18.0 Å². The molecule has 1 fully saturated rings. The van der Waals surface area contributed by atoms with E-state index in [1.165, 1.54) is 0 Å². The Morgan fingerprint density at radius 1 is 1.21 bits per heavy atom. The monoisotopic (exact) mass is 417 g/mol. The molecule has 1 heterocycles. The fourth-order valence-electron chi connectivity index (χ4n) is 2.54. The molecule has 0 radical (unpaired) electrons. The van der Waals surface area contributed by atoms with Crippen LogP contribution in [0.2, 0.25) is 0 Å². The van der Waals surface area contributed by atoms with Gasteiger partial charge in [-0.2, -0.15) is 0 Å². The molecule has 1 aliphatic rings. The van der Waals surface area contributed by atoms with E-state index >= 15 is 0 Å². The van der Waals surface area contributed by atoms with Crippen molar-refractivity contribution in [2.75, 3.05) is 30.4 Å². The van der Waals surface area contributed by atoms with Gasteiger partial charge < -0.3 is 5.32 Å². The Labute approximate surface area is 149 Å². The van der Waals surface area contributed by atoms with E-state index in [4.69, 9.17) is 0 Å². The number of anilines is 1. The van der Waals surface area contributed by atoms with E-state index in [1.807, 2.05) is 0 Å². The van der Waals surface area contributed by atoms with Crippen molar-refractivity contribution in [1.82, 2.24) is 10.2 Å². The first-order valence-corrected chi connectivity index (χ1v) is 10.1. The molecule has 0 aromatic heterocycles. The zero-order chi connectivity index (χ0) is 17.7. The number of nitrogens with zero attached hydrogens (tertiary/aromatic N) is 1. The maximum Gasteiger partial charge on any atom is 0.325 e. The van der Waals surface area contributed by atoms with E-state index < -0.39 is 21.8 Å². The lowest BCUT2D eigenvalue weighted by molar-refractivity contribution is -0.121. The van der Waals surface area contributed by atoms with Crippen LogP contribution in [0.4, 0.5) is 10.5 Å². The van der Waals surface area contributed by atoms with Gasteiger partial charge in [-0.1, -0.05) is 15.9 Å². The maximum atomic E-state index is 11.9. The first kappa shape index (κ1) is 18.9. The molecule has 9 heteroatoms. The van der Waals surface area contributed by atoms with E-state index in [2.05, 4.69) is 26.6 Å². The molecule has 0 bridgehead atoms. The highest BCUT2D eigenvalue weighted by Crippen LogP contribution is 2.17. The molecule has 2 rings (SSSR count). The average molecular weight is 418 g/mol. The summed E-state index contributed by atoms with van der Waals surface area (Å²) in [5, 5.41) is 4.84. The van der Waals surface area contributed by atoms with Gasteiger partial charge in [0.1, 0.15) is 9.84 Å². The van der Waals surface area contributed by atoms with Gasteiger partial charge in [-0.05, 0) is 44.2 Å². The van der Waals surface area contributed by atoms with Crippen molar-refractivity contribution in [2.24, 2.45) is 0 Å². The van der Waals surface area contributed by atoms with Gasteiger partial charge in [0.25, 0.3) is 0 Å². The fourth-order valence-corrected chi connectivity index (χ4v) is 4.27. The average Bonchev–Trinajstić information content (AvgIpc) is 2.49. The molecule has 0 atom stereocenters. The molecule has 3 amide bonds. The Bertz CT molecular complexity index is 692. The zero-order valence-corrected chi connectivity index (χ0v) is 15.7. The number of urea groups is 1. The van der Waals surface area contributed by atoms with Crippen LogP contribution >= 0.6 is 15.9 Å². The largest absolute Gasteiger partial charge is 0.325 e. The second-order valence-corrected chi connectivity index (χ2v) is 9.03. The molecule has 0 saturated carbocycles. The third-order valence-corrected chi connectivity index (χ3v) is 6.14. The van der Waals surface area contributed by atoms with Crippen molar-refractivity contribution in [1.29, 1.82) is 0 Å². The van der Waals surface area contributed by atoms with Gasteiger partial charge in [-0.15, -0.1) is 0 Å². The fraction of sp³-hybridized carbons (Fsp3) is 0.467. The number of likely N-dealkylation sites (N-methyl/N-ethyl adjacent to an activating group) is 1. The van der Waals surface area contributed by atoms with Crippen LogP contribution in [0.25, 0.3) is 0 Å². The first-order valence-electron chi connectivity index (χ1n) is 7.52. The summed E-state index contributed by atoms with van der Waals surface area (Å²) < 4.78 is 23.7. The van der Waals surface area contributed by atoms with E-state index in [0.717, 1.165) is 4.47 Å². The van der Waals surface area contributed by atoms with Crippen LogP contribution < -0.4 is 10.6 Å². The smallest absolute Gasteiger partial charge is 0.308 e. The summed E-state index contributed by atoms with van der Waals surface area (Å²) in [5.41, 5.74) is 0.578. The van der Waals surface area contributed by atoms with Crippen molar-refractivity contribution < 1.29 is 18.0 Å². The van der Waals surface area contributed by atoms with Crippen molar-refractivity contribution in [3.8, 4) is 0 Å². The quantitative estimate of drug-likeness (QED) is 0.775. The van der Waals surface area contributed by atoms with Gasteiger partial charge in [0, 0.05) is 16.2 Å². The number of imide groups is 1. The van der Waals surface area contributed by atoms with Crippen LogP contribution in [0.3, 0.4) is 0 Å². The number of hydrogen-bond donors (Lipinski definition) is 2. The summed E-state index contributed by atoms with van der Waals surface area (Å²) in [4.78, 5) is 25.5. The second-order valence-electron chi connectivity index (χ2n) is 5.81. The standard InChI is InChI=1S/C15H20BrN3O4S/c1-19(13-6-8-24(22,23)9-7-13)10-14(20)18-15(21)17-12-4-2-11(16)3-5-12/h2-5,13H,6-10H2,1H3,(H2,17,18,20,21). The summed E-state index contributed by atoms with van der Waals surface area (Å²) in [6.07, 6.45) is 1.02. The topological polar surface area (TPSA) is 95.6 Å². The van der Waals surface area contributed by atoms with Gasteiger partial charge in [0.2, 0.25) is 5.91 Å². The number of hydrogen-bond acceptors (Lipinski definition) is 5. The molecule has 1 aromatic carbocycles. The van der Waals surface area contributed by atoms with Gasteiger partial charge in [0.15, 0.2) is 0 Å². The summed E-state index contributed by atoms with van der Waals surface area (Å²) in [5.74, 6) is -0.137. The normalized spacial score (nSPS) is 17.5. The summed E-state index contributed by atoms with van der Waals surface area (Å²) in [6.45, 7) is 0.0402. The molecule has 0 spiro atoms. The minimum Gasteiger partial charge on any atom is -0.308 e. The lowest BCUT2D eigenvalue weighted by Crippen LogP contribution is -2.46. The third kappa shape index (κ3) is 5.88. The molecule has 132 valence electrons. The molecule has 24 heavy (non-hydrogen) atoms. The summed E-state index contributed by atoms with van der Waals surface area (Å²) >= 11 is 3.30. The lowest BCUT2D eigenvalue weighted by Gasteiger charge is -2.30. The van der Waals surface area contributed by atoms with Crippen molar-refractivity contribution >= 4 is 43.4 Å². The molecule has 2 N–H and O–H groups in total. The summed E-state index contributed by atoms with van der Waals surface area (Å²) in [7, 11) is -1.17. The first-order chi connectivity index (χ1) is 11.2. The van der Waals surface area contributed by atoms with Crippen LogP contribution in [0.15, 0.2) is 28.7 Å². The number of halogens is 1. The Hall–Kier alpha value is -1.45. The Morgan fingerprint density at radius 2 is 1.79 bits per heavy atom.